The fraction of sp³-hybridized carbons (Fsp3) is 0.261. The average molecular weight is 437 g/mol. The summed E-state index contributed by atoms with van der Waals surface area (Å²) in [7, 11) is 0. The van der Waals surface area contributed by atoms with E-state index in [4.69, 9.17) is 9.15 Å². The summed E-state index contributed by atoms with van der Waals surface area (Å²) in [5.41, 5.74) is 2.60. The van der Waals surface area contributed by atoms with Gasteiger partial charge in [0.15, 0.2) is 11.0 Å². The molecule has 0 amide bonds. The molecule has 2 aromatic heterocycles. The number of benzene rings is 2. The van der Waals surface area contributed by atoms with Crippen LogP contribution in [0.1, 0.15) is 18.5 Å². The Kier molecular flexibility index (Phi) is 5.82. The molecule has 0 radical (unpaired) electrons. The van der Waals surface area contributed by atoms with Crippen molar-refractivity contribution in [2.75, 3.05) is 6.61 Å². The van der Waals surface area contributed by atoms with Crippen LogP contribution >= 0.6 is 11.8 Å². The first kappa shape index (κ1) is 20.0. The predicted octanol–water partition coefficient (Wildman–Crippen LogP) is 5.21. The van der Waals surface area contributed by atoms with Crippen molar-refractivity contribution >= 4 is 11.8 Å². The van der Waals surface area contributed by atoms with Crippen LogP contribution < -0.4 is 0 Å². The first-order valence-corrected chi connectivity index (χ1v) is 11.2. The van der Waals surface area contributed by atoms with Gasteiger partial charge in [-0.2, -0.15) is 0 Å². The summed E-state index contributed by atoms with van der Waals surface area (Å²) in [6.45, 7) is 1.44. The van der Waals surface area contributed by atoms with Crippen molar-refractivity contribution in [3.63, 3.8) is 0 Å². The maximum atomic E-state index is 13.4. The molecule has 3 heterocycles. The fourth-order valence-electron chi connectivity index (χ4n) is 3.59. The van der Waals surface area contributed by atoms with Gasteiger partial charge in [-0.3, -0.25) is 4.57 Å². The van der Waals surface area contributed by atoms with E-state index in [0.717, 1.165) is 41.4 Å². The van der Waals surface area contributed by atoms with Crippen molar-refractivity contribution in [2.24, 2.45) is 0 Å². The minimum Gasteiger partial charge on any atom is -0.444 e. The Labute approximate surface area is 183 Å². The molecule has 1 fully saturated rings. The highest BCUT2D eigenvalue weighted by Crippen LogP contribution is 2.29. The van der Waals surface area contributed by atoms with Gasteiger partial charge in [0, 0.05) is 23.5 Å². The molecule has 158 valence electrons. The van der Waals surface area contributed by atoms with Crippen molar-refractivity contribution in [3.8, 4) is 22.8 Å². The highest BCUT2D eigenvalue weighted by Gasteiger charge is 2.22. The summed E-state index contributed by atoms with van der Waals surface area (Å²) < 4.78 is 26.9. The third kappa shape index (κ3) is 4.55. The van der Waals surface area contributed by atoms with Gasteiger partial charge in [0.25, 0.3) is 0 Å². The molecule has 1 atom stereocenters. The van der Waals surface area contributed by atoms with Gasteiger partial charge in [0.05, 0.1) is 18.3 Å². The summed E-state index contributed by atoms with van der Waals surface area (Å²) >= 11 is 1.55. The molecule has 1 aliphatic heterocycles. The molecule has 0 spiro atoms. The molecule has 1 saturated heterocycles. The lowest BCUT2D eigenvalue weighted by Crippen LogP contribution is -2.16. The van der Waals surface area contributed by atoms with E-state index in [-0.39, 0.29) is 11.9 Å². The smallest absolute Gasteiger partial charge is 0.226 e. The number of aromatic nitrogens is 4. The molecule has 0 saturated carbocycles. The molecule has 0 bridgehead atoms. The Bertz CT molecular complexity index is 1140. The van der Waals surface area contributed by atoms with Crippen molar-refractivity contribution in [1.29, 1.82) is 0 Å². The fourth-order valence-corrected chi connectivity index (χ4v) is 4.41. The number of ether oxygens (including phenoxy) is 1. The molecule has 5 rings (SSSR count). The van der Waals surface area contributed by atoms with E-state index < -0.39 is 0 Å². The Morgan fingerprint density at radius 1 is 1.03 bits per heavy atom. The molecule has 1 unspecified atom stereocenters. The number of hydrogen-bond acceptors (Lipinski definition) is 6. The van der Waals surface area contributed by atoms with Gasteiger partial charge >= 0.3 is 0 Å². The van der Waals surface area contributed by atoms with E-state index in [1.165, 1.54) is 12.1 Å². The first-order chi connectivity index (χ1) is 15.3. The van der Waals surface area contributed by atoms with Crippen LogP contribution in [0.5, 0.6) is 0 Å². The van der Waals surface area contributed by atoms with Crippen LogP contribution in [-0.2, 0) is 17.0 Å². The third-order valence-corrected chi connectivity index (χ3v) is 6.15. The number of hydrogen-bond donors (Lipinski definition) is 0. The Balaban J connectivity index is 1.37. The summed E-state index contributed by atoms with van der Waals surface area (Å²) in [5, 5.41) is 9.58. The van der Waals surface area contributed by atoms with Crippen molar-refractivity contribution < 1.29 is 13.5 Å². The van der Waals surface area contributed by atoms with Gasteiger partial charge in [-0.15, -0.1) is 10.2 Å². The van der Waals surface area contributed by atoms with Crippen LogP contribution in [0, 0.1) is 5.82 Å². The normalized spacial score (nSPS) is 16.1. The highest BCUT2D eigenvalue weighted by atomic mass is 32.2. The topological polar surface area (TPSA) is 66.0 Å². The van der Waals surface area contributed by atoms with E-state index in [9.17, 15) is 4.39 Å². The number of rotatable bonds is 7. The number of nitrogens with zero attached hydrogens (tertiary/aromatic N) is 4. The molecule has 4 aromatic rings. The maximum absolute atomic E-state index is 13.4. The van der Waals surface area contributed by atoms with Gasteiger partial charge in [0.2, 0.25) is 5.89 Å². The third-order valence-electron chi connectivity index (χ3n) is 5.15. The van der Waals surface area contributed by atoms with Crippen molar-refractivity contribution in [2.45, 2.75) is 36.4 Å². The van der Waals surface area contributed by atoms with Crippen LogP contribution in [-0.4, -0.2) is 32.5 Å². The Morgan fingerprint density at radius 2 is 1.87 bits per heavy atom. The second kappa shape index (κ2) is 9.03. The number of oxazole rings is 1. The minimum absolute atomic E-state index is 0.131. The van der Waals surface area contributed by atoms with Gasteiger partial charge in [-0.05, 0) is 49.2 Å². The standard InChI is InChI=1S/C23H21FN4O2S/c24-18-10-8-16(9-11-18)21-26-27-23(28(21)13-20-7-4-12-29-20)31-15-19-14-30-22(25-19)17-5-2-1-3-6-17/h1-3,5-6,8-11,14,20H,4,7,12-13,15H2. The molecule has 31 heavy (non-hydrogen) atoms. The summed E-state index contributed by atoms with van der Waals surface area (Å²) in [4.78, 5) is 4.59. The van der Waals surface area contributed by atoms with Gasteiger partial charge in [-0.1, -0.05) is 30.0 Å². The van der Waals surface area contributed by atoms with Crippen LogP contribution in [0.25, 0.3) is 22.8 Å². The largest absolute Gasteiger partial charge is 0.444 e. The number of halogens is 1. The van der Waals surface area contributed by atoms with Crippen LogP contribution in [0.4, 0.5) is 4.39 Å². The maximum Gasteiger partial charge on any atom is 0.226 e. The molecule has 0 aliphatic carbocycles. The van der Waals surface area contributed by atoms with E-state index in [2.05, 4.69) is 19.7 Å². The average Bonchev–Trinajstić information content (AvgIpc) is 3.56. The van der Waals surface area contributed by atoms with E-state index >= 15 is 0 Å². The lowest BCUT2D eigenvalue weighted by atomic mass is 10.2. The summed E-state index contributed by atoms with van der Waals surface area (Å²) in [6, 6.07) is 16.1. The lowest BCUT2D eigenvalue weighted by Gasteiger charge is -2.14. The quantitative estimate of drug-likeness (QED) is 0.371. The minimum atomic E-state index is -0.274. The second-order valence-corrected chi connectivity index (χ2v) is 8.30. The summed E-state index contributed by atoms with van der Waals surface area (Å²) in [5.74, 6) is 1.64. The van der Waals surface area contributed by atoms with Gasteiger partial charge < -0.3 is 9.15 Å². The monoisotopic (exact) mass is 436 g/mol. The molecular weight excluding hydrogens is 415 g/mol. The zero-order chi connectivity index (χ0) is 21.0. The summed E-state index contributed by atoms with van der Waals surface area (Å²) in [6.07, 6.45) is 3.88. The zero-order valence-electron chi connectivity index (χ0n) is 16.8. The van der Waals surface area contributed by atoms with Crippen LogP contribution in [0.3, 0.4) is 0 Å². The molecule has 1 aliphatic rings. The molecule has 8 heteroatoms. The van der Waals surface area contributed by atoms with Crippen LogP contribution in [0.2, 0.25) is 0 Å². The van der Waals surface area contributed by atoms with E-state index in [1.54, 1.807) is 30.2 Å². The Morgan fingerprint density at radius 3 is 2.65 bits per heavy atom. The molecule has 2 aromatic carbocycles. The van der Waals surface area contributed by atoms with Crippen molar-refractivity contribution in [3.05, 3.63) is 72.4 Å². The predicted molar refractivity (Wildman–Crippen MR) is 116 cm³/mol. The first-order valence-electron chi connectivity index (χ1n) is 10.2. The molecular formula is C23H21FN4O2S. The molecule has 6 nitrogen and oxygen atoms in total. The van der Waals surface area contributed by atoms with E-state index in [1.807, 2.05) is 30.3 Å². The van der Waals surface area contributed by atoms with Crippen molar-refractivity contribution in [1.82, 2.24) is 19.7 Å². The Hall–Kier alpha value is -2.97. The van der Waals surface area contributed by atoms with Gasteiger partial charge in [-0.25, -0.2) is 9.37 Å². The van der Waals surface area contributed by atoms with E-state index in [0.29, 0.717) is 24.0 Å². The SMILES string of the molecule is Fc1ccc(-c2nnc(SCc3coc(-c4ccccc4)n3)n2CC2CCCO2)cc1. The van der Waals surface area contributed by atoms with Crippen LogP contribution in [0.15, 0.2) is 70.4 Å². The lowest BCUT2D eigenvalue weighted by molar-refractivity contribution is 0.0953. The zero-order valence-corrected chi connectivity index (χ0v) is 17.6. The highest BCUT2D eigenvalue weighted by molar-refractivity contribution is 7.98. The van der Waals surface area contributed by atoms with Gasteiger partial charge in [0.1, 0.15) is 12.1 Å². The number of thioether (sulfide) groups is 1. The second-order valence-electron chi connectivity index (χ2n) is 7.36. The molecule has 0 N–H and O–H groups in total.